The minimum absolute atomic E-state index is 0.574. The summed E-state index contributed by atoms with van der Waals surface area (Å²) in [6, 6.07) is 3.76. The van der Waals surface area contributed by atoms with Gasteiger partial charge < -0.3 is 15.0 Å². The maximum Gasteiger partial charge on any atom is 0.191 e. The van der Waals surface area contributed by atoms with E-state index in [9.17, 15) is 0 Å². The molecule has 2 aromatic heterocycles. The standard InChI is InChI=1S/C12H17N5OS/c1-17-11(5-6-13)15-16-12(17)19-8-9-10(18-2)4-3-7-14-9/h3-4,7H,5-6,8,13H2,1-2H3. The molecule has 0 aliphatic heterocycles. The molecule has 0 saturated heterocycles. The smallest absolute Gasteiger partial charge is 0.191 e. The predicted octanol–water partition coefficient (Wildman–Crippen LogP) is 1.01. The highest BCUT2D eigenvalue weighted by Gasteiger charge is 2.10. The van der Waals surface area contributed by atoms with Crippen LogP contribution in [0.5, 0.6) is 5.75 Å². The van der Waals surface area contributed by atoms with E-state index in [4.69, 9.17) is 10.5 Å². The second-order valence-corrected chi connectivity index (χ2v) is 4.88. The van der Waals surface area contributed by atoms with Crippen molar-refractivity contribution in [1.29, 1.82) is 0 Å². The van der Waals surface area contributed by atoms with Crippen LogP contribution in [0.2, 0.25) is 0 Å². The van der Waals surface area contributed by atoms with Crippen molar-refractivity contribution in [3.63, 3.8) is 0 Å². The van der Waals surface area contributed by atoms with Crippen LogP contribution in [0.15, 0.2) is 23.5 Å². The molecule has 19 heavy (non-hydrogen) atoms. The first-order valence-electron chi connectivity index (χ1n) is 5.95. The Balaban J connectivity index is 2.06. The van der Waals surface area contributed by atoms with Crippen molar-refractivity contribution in [2.24, 2.45) is 12.8 Å². The molecular formula is C12H17N5OS. The van der Waals surface area contributed by atoms with E-state index in [0.29, 0.717) is 12.3 Å². The predicted molar refractivity (Wildman–Crippen MR) is 74.1 cm³/mol. The maximum atomic E-state index is 5.53. The lowest BCUT2D eigenvalue weighted by Gasteiger charge is -2.06. The molecule has 0 aromatic carbocycles. The monoisotopic (exact) mass is 279 g/mol. The Labute approximate surface area is 116 Å². The number of pyridine rings is 1. The molecular weight excluding hydrogens is 262 g/mol. The molecule has 0 amide bonds. The SMILES string of the molecule is COc1cccnc1CSc1nnc(CCN)n1C. The fourth-order valence-corrected chi connectivity index (χ4v) is 2.55. The lowest BCUT2D eigenvalue weighted by Crippen LogP contribution is -2.08. The van der Waals surface area contributed by atoms with Crippen molar-refractivity contribution in [2.75, 3.05) is 13.7 Å². The molecule has 0 radical (unpaired) electrons. The topological polar surface area (TPSA) is 78.8 Å². The summed E-state index contributed by atoms with van der Waals surface area (Å²) in [4.78, 5) is 4.31. The zero-order valence-corrected chi connectivity index (χ0v) is 11.9. The number of aromatic nitrogens is 4. The van der Waals surface area contributed by atoms with Crippen LogP contribution in [-0.4, -0.2) is 33.4 Å². The van der Waals surface area contributed by atoms with E-state index >= 15 is 0 Å². The summed E-state index contributed by atoms with van der Waals surface area (Å²) in [6.45, 7) is 0.574. The average molecular weight is 279 g/mol. The Morgan fingerprint density at radius 1 is 1.42 bits per heavy atom. The Kier molecular flexibility index (Phi) is 4.75. The van der Waals surface area contributed by atoms with Crippen LogP contribution in [0.25, 0.3) is 0 Å². The number of ether oxygens (including phenoxy) is 1. The molecule has 102 valence electrons. The number of rotatable bonds is 6. The van der Waals surface area contributed by atoms with Crippen molar-refractivity contribution in [3.05, 3.63) is 29.8 Å². The van der Waals surface area contributed by atoms with Crippen LogP contribution in [0, 0.1) is 0 Å². The second-order valence-electron chi connectivity index (χ2n) is 3.94. The molecule has 2 N–H and O–H groups in total. The summed E-state index contributed by atoms with van der Waals surface area (Å²) in [7, 11) is 3.59. The molecule has 2 heterocycles. The first-order valence-corrected chi connectivity index (χ1v) is 6.93. The van der Waals surface area contributed by atoms with Gasteiger partial charge in [-0.1, -0.05) is 11.8 Å². The lowest BCUT2D eigenvalue weighted by molar-refractivity contribution is 0.409. The molecule has 0 aliphatic carbocycles. The maximum absolute atomic E-state index is 5.53. The minimum atomic E-state index is 0.574. The molecule has 0 atom stereocenters. The molecule has 0 fully saturated rings. The van der Waals surface area contributed by atoms with Gasteiger partial charge in [0.15, 0.2) is 5.16 Å². The van der Waals surface area contributed by atoms with Crippen molar-refractivity contribution >= 4 is 11.8 Å². The van der Waals surface area contributed by atoms with Crippen molar-refractivity contribution < 1.29 is 4.74 Å². The van der Waals surface area contributed by atoms with E-state index in [-0.39, 0.29) is 0 Å². The van der Waals surface area contributed by atoms with Crippen LogP contribution in [0.1, 0.15) is 11.5 Å². The lowest BCUT2D eigenvalue weighted by atomic mass is 10.3. The Hall–Kier alpha value is -1.60. The van der Waals surface area contributed by atoms with Gasteiger partial charge in [0.1, 0.15) is 11.6 Å². The van der Waals surface area contributed by atoms with Crippen LogP contribution in [0.4, 0.5) is 0 Å². The first kappa shape index (κ1) is 13.8. The van der Waals surface area contributed by atoms with Crippen LogP contribution in [0.3, 0.4) is 0 Å². The fourth-order valence-electron chi connectivity index (χ4n) is 1.67. The summed E-state index contributed by atoms with van der Waals surface area (Å²) in [5.41, 5.74) is 6.43. The van der Waals surface area contributed by atoms with Gasteiger partial charge in [-0.05, 0) is 18.7 Å². The van der Waals surface area contributed by atoms with E-state index in [0.717, 1.165) is 28.8 Å². The van der Waals surface area contributed by atoms with E-state index < -0.39 is 0 Å². The van der Waals surface area contributed by atoms with E-state index in [1.54, 1.807) is 25.1 Å². The molecule has 0 saturated carbocycles. The molecule has 7 heteroatoms. The molecule has 2 aromatic rings. The quantitative estimate of drug-likeness (QED) is 0.795. The summed E-state index contributed by atoms with van der Waals surface area (Å²) in [5, 5.41) is 9.14. The molecule has 6 nitrogen and oxygen atoms in total. The van der Waals surface area contributed by atoms with Crippen LogP contribution in [-0.2, 0) is 19.2 Å². The average Bonchev–Trinajstić information content (AvgIpc) is 2.78. The number of nitrogens with two attached hydrogens (primary N) is 1. The third-order valence-electron chi connectivity index (χ3n) is 2.70. The number of thioether (sulfide) groups is 1. The third-order valence-corrected chi connectivity index (χ3v) is 3.73. The molecule has 0 aliphatic rings. The largest absolute Gasteiger partial charge is 0.495 e. The summed E-state index contributed by atoms with van der Waals surface area (Å²) < 4.78 is 7.24. The van der Waals surface area contributed by atoms with E-state index in [2.05, 4.69) is 15.2 Å². The second kappa shape index (κ2) is 6.53. The van der Waals surface area contributed by atoms with Gasteiger partial charge >= 0.3 is 0 Å². The zero-order valence-electron chi connectivity index (χ0n) is 11.0. The van der Waals surface area contributed by atoms with Crippen molar-refractivity contribution in [2.45, 2.75) is 17.3 Å². The van der Waals surface area contributed by atoms with Gasteiger partial charge in [-0.3, -0.25) is 4.98 Å². The van der Waals surface area contributed by atoms with Gasteiger partial charge in [0.2, 0.25) is 0 Å². The Bertz CT molecular complexity index is 543. The minimum Gasteiger partial charge on any atom is -0.495 e. The highest BCUT2D eigenvalue weighted by molar-refractivity contribution is 7.98. The Morgan fingerprint density at radius 3 is 3.00 bits per heavy atom. The highest BCUT2D eigenvalue weighted by atomic mass is 32.2. The molecule has 0 bridgehead atoms. The number of methoxy groups -OCH3 is 1. The summed E-state index contributed by atoms with van der Waals surface area (Å²) >= 11 is 1.58. The normalized spacial score (nSPS) is 10.7. The van der Waals surface area contributed by atoms with Gasteiger partial charge in [-0.25, -0.2) is 0 Å². The van der Waals surface area contributed by atoms with Gasteiger partial charge in [-0.15, -0.1) is 10.2 Å². The third kappa shape index (κ3) is 3.24. The van der Waals surface area contributed by atoms with Crippen molar-refractivity contribution in [3.8, 4) is 5.75 Å². The highest BCUT2D eigenvalue weighted by Crippen LogP contribution is 2.25. The van der Waals surface area contributed by atoms with Gasteiger partial charge in [0.05, 0.1) is 12.8 Å². The van der Waals surface area contributed by atoms with Crippen molar-refractivity contribution in [1.82, 2.24) is 19.7 Å². The van der Waals surface area contributed by atoms with Crippen LogP contribution < -0.4 is 10.5 Å². The van der Waals surface area contributed by atoms with E-state index in [1.165, 1.54) is 0 Å². The molecule has 2 rings (SSSR count). The number of hydrogen-bond acceptors (Lipinski definition) is 6. The zero-order chi connectivity index (χ0) is 13.7. The fraction of sp³-hybridized carbons (Fsp3) is 0.417. The van der Waals surface area contributed by atoms with Gasteiger partial charge in [0.25, 0.3) is 0 Å². The molecule has 0 spiro atoms. The van der Waals surface area contributed by atoms with E-state index in [1.807, 2.05) is 23.7 Å². The number of nitrogens with zero attached hydrogens (tertiary/aromatic N) is 4. The molecule has 0 unspecified atom stereocenters. The first-order chi connectivity index (χ1) is 9.26. The Morgan fingerprint density at radius 2 is 2.26 bits per heavy atom. The van der Waals surface area contributed by atoms with Gasteiger partial charge in [-0.2, -0.15) is 0 Å². The van der Waals surface area contributed by atoms with Gasteiger partial charge in [0, 0.05) is 25.4 Å². The van der Waals surface area contributed by atoms with Crippen LogP contribution >= 0.6 is 11.8 Å². The summed E-state index contributed by atoms with van der Waals surface area (Å²) in [6.07, 6.45) is 2.49. The number of hydrogen-bond donors (Lipinski definition) is 1. The summed E-state index contributed by atoms with van der Waals surface area (Å²) in [5.74, 6) is 2.39.